The zero-order valence-corrected chi connectivity index (χ0v) is 17.6. The fraction of sp³-hybridized carbons (Fsp3) is 0.280. The Morgan fingerprint density at radius 3 is 2.62 bits per heavy atom. The maximum absolute atomic E-state index is 6.08. The minimum Gasteiger partial charge on any atom is -0.496 e. The van der Waals surface area contributed by atoms with Crippen molar-refractivity contribution in [1.82, 2.24) is 4.90 Å². The second-order valence-electron chi connectivity index (χ2n) is 7.32. The van der Waals surface area contributed by atoms with Crippen molar-refractivity contribution in [1.29, 1.82) is 0 Å². The molecule has 150 valence electrons. The molecule has 0 bridgehead atoms. The highest BCUT2D eigenvalue weighted by Gasteiger charge is 2.21. The second kappa shape index (κ2) is 9.97. The third kappa shape index (κ3) is 5.63. The first-order valence-corrected chi connectivity index (χ1v) is 10.9. The van der Waals surface area contributed by atoms with Crippen molar-refractivity contribution in [2.75, 3.05) is 26.8 Å². The molecule has 3 aromatic rings. The largest absolute Gasteiger partial charge is 0.496 e. The lowest BCUT2D eigenvalue weighted by Crippen LogP contribution is -2.42. The Morgan fingerprint density at radius 2 is 1.76 bits per heavy atom. The molecule has 3 aromatic carbocycles. The van der Waals surface area contributed by atoms with Gasteiger partial charge in [0.1, 0.15) is 5.75 Å². The van der Waals surface area contributed by atoms with Crippen LogP contribution in [-0.4, -0.2) is 37.8 Å². The minimum atomic E-state index is 0.235. The van der Waals surface area contributed by atoms with Gasteiger partial charge in [0, 0.05) is 24.5 Å². The maximum Gasteiger partial charge on any atom is 0.132 e. The van der Waals surface area contributed by atoms with Gasteiger partial charge >= 0.3 is 0 Å². The molecule has 4 rings (SSSR count). The van der Waals surface area contributed by atoms with Crippen LogP contribution >= 0.6 is 11.8 Å². The van der Waals surface area contributed by atoms with Gasteiger partial charge in [-0.15, -0.1) is 0 Å². The summed E-state index contributed by atoms with van der Waals surface area (Å²) in [6, 6.07) is 27.6. The number of para-hydroxylation sites is 1. The van der Waals surface area contributed by atoms with Gasteiger partial charge in [-0.3, -0.25) is 4.90 Å². The summed E-state index contributed by atoms with van der Waals surface area (Å²) >= 11 is 1.74. The van der Waals surface area contributed by atoms with Crippen molar-refractivity contribution in [3.05, 3.63) is 90.0 Å². The van der Waals surface area contributed by atoms with Crippen LogP contribution in [0.5, 0.6) is 5.75 Å². The van der Waals surface area contributed by atoms with E-state index in [-0.39, 0.29) is 6.10 Å². The van der Waals surface area contributed by atoms with E-state index in [0.29, 0.717) is 0 Å². The molecule has 0 saturated carbocycles. The number of hydrogen-bond donors (Lipinski definition) is 0. The Morgan fingerprint density at radius 1 is 0.966 bits per heavy atom. The van der Waals surface area contributed by atoms with Gasteiger partial charge in [0.2, 0.25) is 0 Å². The molecule has 3 nitrogen and oxygen atoms in total. The summed E-state index contributed by atoms with van der Waals surface area (Å²) in [7, 11) is 1.72. The van der Waals surface area contributed by atoms with Crippen LogP contribution in [0.25, 0.3) is 0 Å². The first-order chi connectivity index (χ1) is 14.3. The van der Waals surface area contributed by atoms with Crippen LogP contribution in [0.4, 0.5) is 0 Å². The molecule has 1 aliphatic rings. The second-order valence-corrected chi connectivity index (χ2v) is 8.43. The van der Waals surface area contributed by atoms with E-state index in [0.717, 1.165) is 43.3 Å². The summed E-state index contributed by atoms with van der Waals surface area (Å²) in [4.78, 5) is 4.86. The number of methoxy groups -OCH3 is 1. The van der Waals surface area contributed by atoms with E-state index in [9.17, 15) is 0 Å². The SMILES string of the molecule is COc1ccccc1Sc1cccc(C[C@H]2CN(Cc3ccccc3)CCO2)c1. The summed E-state index contributed by atoms with van der Waals surface area (Å²) in [6.07, 6.45) is 1.17. The summed E-state index contributed by atoms with van der Waals surface area (Å²) < 4.78 is 11.6. The van der Waals surface area contributed by atoms with Gasteiger partial charge in [-0.25, -0.2) is 0 Å². The summed E-state index contributed by atoms with van der Waals surface area (Å²) in [5, 5.41) is 0. The number of hydrogen-bond acceptors (Lipinski definition) is 4. The molecule has 0 aromatic heterocycles. The van der Waals surface area contributed by atoms with Crippen molar-refractivity contribution in [3.63, 3.8) is 0 Å². The van der Waals surface area contributed by atoms with Crippen LogP contribution in [0.3, 0.4) is 0 Å². The molecule has 1 atom stereocenters. The average Bonchev–Trinajstić information content (AvgIpc) is 2.75. The van der Waals surface area contributed by atoms with Crippen LogP contribution in [0.2, 0.25) is 0 Å². The highest BCUT2D eigenvalue weighted by atomic mass is 32.2. The van der Waals surface area contributed by atoms with E-state index in [1.807, 2.05) is 18.2 Å². The minimum absolute atomic E-state index is 0.235. The predicted octanol–water partition coefficient (Wildman–Crippen LogP) is 5.29. The highest BCUT2D eigenvalue weighted by molar-refractivity contribution is 7.99. The van der Waals surface area contributed by atoms with E-state index in [2.05, 4.69) is 65.6 Å². The molecule has 1 fully saturated rings. The number of benzene rings is 3. The van der Waals surface area contributed by atoms with Crippen molar-refractivity contribution < 1.29 is 9.47 Å². The lowest BCUT2D eigenvalue weighted by atomic mass is 10.1. The Bertz CT molecular complexity index is 915. The molecule has 4 heteroatoms. The fourth-order valence-corrected chi connectivity index (χ4v) is 4.73. The molecule has 0 spiro atoms. The van der Waals surface area contributed by atoms with Crippen LogP contribution in [-0.2, 0) is 17.7 Å². The molecule has 0 unspecified atom stereocenters. The molecular weight excluding hydrogens is 378 g/mol. The molecule has 0 aliphatic carbocycles. The Labute approximate surface area is 177 Å². The normalized spacial score (nSPS) is 17.2. The quantitative estimate of drug-likeness (QED) is 0.532. The zero-order valence-electron chi connectivity index (χ0n) is 16.8. The number of nitrogens with zero attached hydrogens (tertiary/aromatic N) is 1. The Kier molecular flexibility index (Phi) is 6.88. The van der Waals surface area contributed by atoms with Crippen molar-refractivity contribution >= 4 is 11.8 Å². The molecule has 1 saturated heterocycles. The van der Waals surface area contributed by atoms with Gasteiger partial charge in [-0.1, -0.05) is 66.4 Å². The van der Waals surface area contributed by atoms with Crippen molar-refractivity contribution in [2.45, 2.75) is 28.9 Å². The topological polar surface area (TPSA) is 21.7 Å². The van der Waals surface area contributed by atoms with Crippen LogP contribution < -0.4 is 4.74 Å². The molecular formula is C25H27NO2S. The van der Waals surface area contributed by atoms with Gasteiger partial charge in [-0.2, -0.15) is 0 Å². The molecule has 1 aliphatic heterocycles. The van der Waals surface area contributed by atoms with Gasteiger partial charge < -0.3 is 9.47 Å². The van der Waals surface area contributed by atoms with E-state index >= 15 is 0 Å². The molecule has 1 heterocycles. The van der Waals surface area contributed by atoms with Gasteiger partial charge in [0.05, 0.1) is 24.7 Å². The molecule has 0 amide bonds. The van der Waals surface area contributed by atoms with Crippen molar-refractivity contribution in [2.24, 2.45) is 0 Å². The number of morpholine rings is 1. The molecule has 0 radical (unpaired) electrons. The third-order valence-electron chi connectivity index (χ3n) is 5.13. The lowest BCUT2D eigenvalue weighted by Gasteiger charge is -2.33. The monoisotopic (exact) mass is 405 g/mol. The van der Waals surface area contributed by atoms with Crippen LogP contribution in [0.15, 0.2) is 88.7 Å². The lowest BCUT2D eigenvalue weighted by molar-refractivity contribution is -0.0305. The summed E-state index contributed by atoms with van der Waals surface area (Å²) in [5.41, 5.74) is 2.68. The first-order valence-electron chi connectivity index (χ1n) is 10.1. The third-order valence-corrected chi connectivity index (χ3v) is 6.18. The maximum atomic E-state index is 6.08. The molecule has 0 N–H and O–H groups in total. The summed E-state index contributed by atoms with van der Waals surface area (Å²) in [5.74, 6) is 0.912. The van der Waals surface area contributed by atoms with Gasteiger partial charge in [0.25, 0.3) is 0 Å². The van der Waals surface area contributed by atoms with Crippen LogP contribution in [0.1, 0.15) is 11.1 Å². The predicted molar refractivity (Wildman–Crippen MR) is 119 cm³/mol. The van der Waals surface area contributed by atoms with E-state index in [1.165, 1.54) is 16.0 Å². The van der Waals surface area contributed by atoms with Gasteiger partial charge in [0.15, 0.2) is 0 Å². The standard InChI is InChI=1S/C25H27NO2S/c1-27-24-12-5-6-13-25(24)29-23-11-7-10-21(17-23)16-22-19-26(14-15-28-22)18-20-8-3-2-4-9-20/h2-13,17,22H,14-16,18-19H2,1H3/t22-/m0/s1. The van der Waals surface area contributed by atoms with E-state index in [1.54, 1.807) is 18.9 Å². The number of ether oxygens (including phenoxy) is 2. The van der Waals surface area contributed by atoms with Gasteiger partial charge in [-0.05, 0) is 41.8 Å². The summed E-state index contributed by atoms with van der Waals surface area (Å²) in [6.45, 7) is 3.76. The molecule has 29 heavy (non-hydrogen) atoms. The fourth-order valence-electron chi connectivity index (χ4n) is 3.72. The Balaban J connectivity index is 1.38. The Hall–Kier alpha value is -2.27. The smallest absolute Gasteiger partial charge is 0.132 e. The average molecular weight is 406 g/mol. The zero-order chi connectivity index (χ0) is 19.9. The van der Waals surface area contributed by atoms with Crippen molar-refractivity contribution in [3.8, 4) is 5.75 Å². The highest BCUT2D eigenvalue weighted by Crippen LogP contribution is 2.35. The van der Waals surface area contributed by atoms with E-state index in [4.69, 9.17) is 9.47 Å². The first kappa shape index (κ1) is 20.0. The number of rotatable bonds is 7. The van der Waals surface area contributed by atoms with E-state index < -0.39 is 0 Å². The van der Waals surface area contributed by atoms with Crippen LogP contribution in [0, 0.1) is 0 Å².